The van der Waals surface area contributed by atoms with Crippen LogP contribution >= 0.6 is 0 Å². The average Bonchev–Trinajstić information content (AvgIpc) is 2.99. The summed E-state index contributed by atoms with van der Waals surface area (Å²) in [6.07, 6.45) is 4.01. The van der Waals surface area contributed by atoms with Gasteiger partial charge in [-0.05, 0) is 25.7 Å². The van der Waals surface area contributed by atoms with Gasteiger partial charge < -0.3 is 10.6 Å². The van der Waals surface area contributed by atoms with E-state index in [-0.39, 0.29) is 11.3 Å². The molecule has 0 bridgehead atoms. The lowest BCUT2D eigenvalue weighted by atomic mass is 10.0. The Labute approximate surface area is 86.6 Å². The molecule has 0 saturated heterocycles. The summed E-state index contributed by atoms with van der Waals surface area (Å²) in [5, 5.41) is 0. The van der Waals surface area contributed by atoms with Crippen LogP contribution in [-0.2, 0) is 4.79 Å². The van der Waals surface area contributed by atoms with E-state index in [0.29, 0.717) is 12.6 Å². The van der Waals surface area contributed by atoms with Crippen molar-refractivity contribution >= 4 is 5.91 Å². The molecule has 1 aliphatic rings. The maximum absolute atomic E-state index is 12.1. The van der Waals surface area contributed by atoms with Gasteiger partial charge in [-0.2, -0.15) is 0 Å². The highest BCUT2D eigenvalue weighted by Gasteiger charge is 2.50. The minimum atomic E-state index is -0.183. The predicted octanol–water partition coefficient (Wildman–Crippen LogP) is 1.37. The van der Waals surface area contributed by atoms with Crippen molar-refractivity contribution in [1.29, 1.82) is 0 Å². The molecule has 0 heterocycles. The third-order valence-electron chi connectivity index (χ3n) is 3.51. The van der Waals surface area contributed by atoms with Crippen LogP contribution < -0.4 is 5.73 Å². The molecule has 0 aromatic carbocycles. The van der Waals surface area contributed by atoms with E-state index in [1.54, 1.807) is 0 Å². The van der Waals surface area contributed by atoms with Crippen LogP contribution in [0.1, 0.15) is 39.5 Å². The maximum Gasteiger partial charge on any atom is 0.230 e. The number of hydrogen-bond donors (Lipinski definition) is 1. The molecule has 1 saturated carbocycles. The summed E-state index contributed by atoms with van der Waals surface area (Å²) in [5.74, 6) is 0.258. The Hall–Kier alpha value is -0.570. The Morgan fingerprint density at radius 1 is 1.43 bits per heavy atom. The van der Waals surface area contributed by atoms with Crippen LogP contribution in [0.2, 0.25) is 0 Å². The van der Waals surface area contributed by atoms with E-state index in [1.165, 1.54) is 0 Å². The summed E-state index contributed by atoms with van der Waals surface area (Å²) < 4.78 is 0. The van der Waals surface area contributed by atoms with Crippen molar-refractivity contribution in [1.82, 2.24) is 4.90 Å². The molecule has 3 heteroatoms. The van der Waals surface area contributed by atoms with Gasteiger partial charge in [0.2, 0.25) is 5.91 Å². The molecule has 1 rings (SSSR count). The molecule has 0 aliphatic heterocycles. The van der Waals surface area contributed by atoms with Crippen molar-refractivity contribution in [3.63, 3.8) is 0 Å². The molecular weight excluding hydrogens is 176 g/mol. The largest absolute Gasteiger partial charge is 0.342 e. The van der Waals surface area contributed by atoms with Gasteiger partial charge >= 0.3 is 0 Å². The molecule has 14 heavy (non-hydrogen) atoms. The van der Waals surface area contributed by atoms with Gasteiger partial charge in [-0.3, -0.25) is 4.79 Å². The van der Waals surface area contributed by atoms with Crippen molar-refractivity contribution in [2.75, 3.05) is 13.6 Å². The van der Waals surface area contributed by atoms with Crippen LogP contribution in [0.25, 0.3) is 0 Å². The molecule has 0 atom stereocenters. The van der Waals surface area contributed by atoms with Gasteiger partial charge in [0.1, 0.15) is 0 Å². The molecule has 0 radical (unpaired) electrons. The number of nitrogens with zero attached hydrogens (tertiary/aromatic N) is 1. The van der Waals surface area contributed by atoms with E-state index in [1.807, 2.05) is 11.9 Å². The summed E-state index contributed by atoms with van der Waals surface area (Å²) in [4.78, 5) is 14.0. The topological polar surface area (TPSA) is 46.3 Å². The Bertz CT molecular complexity index is 207. The third-order valence-corrected chi connectivity index (χ3v) is 3.51. The van der Waals surface area contributed by atoms with E-state index < -0.39 is 0 Å². The van der Waals surface area contributed by atoms with Crippen molar-refractivity contribution in [2.45, 2.75) is 45.6 Å². The molecule has 3 nitrogen and oxygen atoms in total. The summed E-state index contributed by atoms with van der Waals surface area (Å²) >= 11 is 0. The SMILES string of the molecule is CCC(CC)N(C)C(=O)C1(CN)CC1. The summed E-state index contributed by atoms with van der Waals surface area (Å²) in [7, 11) is 1.91. The quantitative estimate of drug-likeness (QED) is 0.725. The zero-order chi connectivity index (χ0) is 10.8. The second kappa shape index (κ2) is 4.30. The van der Waals surface area contributed by atoms with Crippen LogP contribution in [0.3, 0.4) is 0 Å². The van der Waals surface area contributed by atoms with Crippen LogP contribution in [0.5, 0.6) is 0 Å². The Morgan fingerprint density at radius 3 is 2.21 bits per heavy atom. The standard InChI is InChI=1S/C11H22N2O/c1-4-9(5-2)13(3)10(14)11(8-12)6-7-11/h9H,4-8,12H2,1-3H3. The lowest BCUT2D eigenvalue weighted by Gasteiger charge is -2.29. The van der Waals surface area contributed by atoms with Gasteiger partial charge in [-0.1, -0.05) is 13.8 Å². The van der Waals surface area contributed by atoms with Crippen LogP contribution in [0, 0.1) is 5.41 Å². The van der Waals surface area contributed by atoms with E-state index in [9.17, 15) is 4.79 Å². The highest BCUT2D eigenvalue weighted by atomic mass is 16.2. The number of hydrogen-bond acceptors (Lipinski definition) is 2. The Kier molecular flexibility index (Phi) is 3.53. The monoisotopic (exact) mass is 198 g/mol. The smallest absolute Gasteiger partial charge is 0.230 e. The molecule has 1 aliphatic carbocycles. The van der Waals surface area contributed by atoms with Crippen molar-refractivity contribution < 1.29 is 4.79 Å². The van der Waals surface area contributed by atoms with Crippen molar-refractivity contribution in [3.8, 4) is 0 Å². The fourth-order valence-electron chi connectivity index (χ4n) is 2.03. The van der Waals surface area contributed by atoms with Gasteiger partial charge in [0, 0.05) is 19.6 Å². The van der Waals surface area contributed by atoms with E-state index in [4.69, 9.17) is 5.73 Å². The second-order valence-corrected chi connectivity index (χ2v) is 4.37. The zero-order valence-corrected chi connectivity index (χ0v) is 9.55. The third kappa shape index (κ3) is 1.92. The second-order valence-electron chi connectivity index (χ2n) is 4.37. The van der Waals surface area contributed by atoms with E-state index >= 15 is 0 Å². The summed E-state index contributed by atoms with van der Waals surface area (Å²) in [5.41, 5.74) is 5.46. The molecule has 1 amide bonds. The van der Waals surface area contributed by atoms with Crippen LogP contribution in [0.4, 0.5) is 0 Å². The number of carbonyl (C=O) groups is 1. The Morgan fingerprint density at radius 2 is 1.93 bits per heavy atom. The molecule has 82 valence electrons. The highest BCUT2D eigenvalue weighted by Crippen LogP contribution is 2.46. The van der Waals surface area contributed by atoms with Gasteiger partial charge in [-0.25, -0.2) is 0 Å². The van der Waals surface area contributed by atoms with Crippen LogP contribution in [-0.4, -0.2) is 30.4 Å². The first-order valence-electron chi connectivity index (χ1n) is 5.58. The number of nitrogens with two attached hydrogens (primary N) is 1. The van der Waals surface area contributed by atoms with Gasteiger partial charge in [0.05, 0.1) is 5.41 Å². The normalized spacial score (nSPS) is 18.4. The van der Waals surface area contributed by atoms with E-state index in [0.717, 1.165) is 25.7 Å². The zero-order valence-electron chi connectivity index (χ0n) is 9.55. The summed E-state index contributed by atoms with van der Waals surface area (Å²) in [6, 6.07) is 0.381. The number of amides is 1. The average molecular weight is 198 g/mol. The Balaban J connectivity index is 2.60. The lowest BCUT2D eigenvalue weighted by Crippen LogP contribution is -2.43. The molecule has 0 spiro atoms. The first kappa shape index (κ1) is 11.5. The lowest BCUT2D eigenvalue weighted by molar-refractivity contribution is -0.137. The van der Waals surface area contributed by atoms with Gasteiger partial charge in [0.15, 0.2) is 0 Å². The molecule has 0 unspecified atom stereocenters. The van der Waals surface area contributed by atoms with Crippen LogP contribution in [0.15, 0.2) is 0 Å². The predicted molar refractivity (Wildman–Crippen MR) is 57.9 cm³/mol. The molecule has 0 aromatic rings. The van der Waals surface area contributed by atoms with Gasteiger partial charge in [0.25, 0.3) is 0 Å². The fourth-order valence-corrected chi connectivity index (χ4v) is 2.03. The fraction of sp³-hybridized carbons (Fsp3) is 0.909. The molecule has 0 aromatic heterocycles. The summed E-state index contributed by atoms with van der Waals surface area (Å²) in [6.45, 7) is 4.76. The highest BCUT2D eigenvalue weighted by molar-refractivity contribution is 5.85. The minimum Gasteiger partial charge on any atom is -0.342 e. The number of rotatable bonds is 5. The van der Waals surface area contributed by atoms with Crippen molar-refractivity contribution in [3.05, 3.63) is 0 Å². The first-order valence-corrected chi connectivity index (χ1v) is 5.58. The van der Waals surface area contributed by atoms with Crippen molar-refractivity contribution in [2.24, 2.45) is 11.1 Å². The number of carbonyl (C=O) groups excluding carboxylic acids is 1. The van der Waals surface area contributed by atoms with E-state index in [2.05, 4.69) is 13.8 Å². The first-order chi connectivity index (χ1) is 6.61. The molecule has 1 fully saturated rings. The maximum atomic E-state index is 12.1. The molecule has 2 N–H and O–H groups in total. The minimum absolute atomic E-state index is 0.183. The molecular formula is C11H22N2O. The van der Waals surface area contributed by atoms with Gasteiger partial charge in [-0.15, -0.1) is 0 Å².